The van der Waals surface area contributed by atoms with Crippen LogP contribution in [0.5, 0.6) is 0 Å². The third-order valence-corrected chi connectivity index (χ3v) is 2.84. The topological polar surface area (TPSA) is 78.4 Å². The van der Waals surface area contributed by atoms with Gasteiger partial charge in [0.25, 0.3) is 0 Å². The minimum atomic E-state index is -1.09. The second-order valence-electron chi connectivity index (χ2n) is 4.79. The molecule has 1 atom stereocenters. The molecule has 0 bridgehead atoms. The van der Waals surface area contributed by atoms with Crippen molar-refractivity contribution in [3.63, 3.8) is 0 Å². The van der Waals surface area contributed by atoms with Crippen LogP contribution in [0.25, 0.3) is 0 Å². The van der Waals surface area contributed by atoms with Crippen LogP contribution in [0.3, 0.4) is 0 Å². The number of anilines is 1. The molecule has 0 fully saturated rings. The van der Waals surface area contributed by atoms with E-state index in [0.717, 1.165) is 0 Å². The second kappa shape index (κ2) is 7.33. The number of rotatable bonds is 6. The lowest BCUT2D eigenvalue weighted by molar-refractivity contribution is -0.139. The maximum absolute atomic E-state index is 11.7. The first-order valence-corrected chi connectivity index (χ1v) is 6.45. The van der Waals surface area contributed by atoms with Gasteiger partial charge in [-0.3, -0.25) is 0 Å². The Labute approximate surface area is 118 Å². The molecule has 108 valence electrons. The summed E-state index contributed by atoms with van der Waals surface area (Å²) >= 11 is 0. The first-order chi connectivity index (χ1) is 9.43. The lowest BCUT2D eigenvalue weighted by Crippen LogP contribution is -2.42. The molecule has 0 saturated carbocycles. The van der Waals surface area contributed by atoms with Crippen LogP contribution in [0.1, 0.15) is 31.7 Å². The zero-order chi connectivity index (χ0) is 15.1. The van der Waals surface area contributed by atoms with Gasteiger partial charge in [-0.1, -0.05) is 32.1 Å². The van der Waals surface area contributed by atoms with Crippen molar-refractivity contribution in [2.75, 3.05) is 5.32 Å². The van der Waals surface area contributed by atoms with E-state index in [-0.39, 0.29) is 6.42 Å². The van der Waals surface area contributed by atoms with E-state index >= 15 is 0 Å². The van der Waals surface area contributed by atoms with Crippen molar-refractivity contribution in [1.82, 2.24) is 5.32 Å². The summed E-state index contributed by atoms with van der Waals surface area (Å²) in [6.45, 7) is 7.64. The smallest absolute Gasteiger partial charge is 0.326 e. The van der Waals surface area contributed by atoms with E-state index in [1.54, 1.807) is 12.1 Å². The highest BCUT2D eigenvalue weighted by atomic mass is 16.4. The maximum atomic E-state index is 11.7. The predicted octanol–water partition coefficient (Wildman–Crippen LogP) is 2.96. The van der Waals surface area contributed by atoms with Crippen molar-refractivity contribution >= 4 is 17.7 Å². The number of aliphatic carboxylic acids is 1. The van der Waals surface area contributed by atoms with Crippen LogP contribution in [0.2, 0.25) is 0 Å². The first kappa shape index (κ1) is 15.8. The van der Waals surface area contributed by atoms with Crippen molar-refractivity contribution in [2.45, 2.75) is 32.2 Å². The van der Waals surface area contributed by atoms with Crippen LogP contribution >= 0.6 is 0 Å². The van der Waals surface area contributed by atoms with Crippen molar-refractivity contribution in [2.24, 2.45) is 0 Å². The third kappa shape index (κ3) is 4.76. The number of benzene rings is 1. The molecule has 0 saturated heterocycles. The number of hydrogen-bond acceptors (Lipinski definition) is 2. The number of amides is 2. The van der Waals surface area contributed by atoms with Crippen molar-refractivity contribution < 1.29 is 14.7 Å². The van der Waals surface area contributed by atoms with Gasteiger partial charge in [0.15, 0.2) is 0 Å². The molecule has 0 aromatic heterocycles. The summed E-state index contributed by atoms with van der Waals surface area (Å²) in [5, 5.41) is 13.9. The standard InChI is InChI=1S/C15H20N2O3/c1-4-5-13(14(18)19)17-15(20)16-12-8-6-11(7-9-12)10(2)3/h4,6-10,13H,1,5H2,2-3H3,(H,18,19)(H2,16,17,20). The Bertz CT molecular complexity index is 480. The fourth-order valence-electron chi connectivity index (χ4n) is 1.66. The summed E-state index contributed by atoms with van der Waals surface area (Å²) in [5.74, 6) is -0.669. The average Bonchev–Trinajstić information content (AvgIpc) is 2.38. The van der Waals surface area contributed by atoms with Crippen LogP contribution < -0.4 is 10.6 Å². The molecule has 1 rings (SSSR count). The van der Waals surface area contributed by atoms with E-state index < -0.39 is 18.0 Å². The van der Waals surface area contributed by atoms with E-state index in [9.17, 15) is 9.59 Å². The van der Waals surface area contributed by atoms with E-state index in [0.29, 0.717) is 11.6 Å². The highest BCUT2D eigenvalue weighted by Crippen LogP contribution is 2.17. The molecule has 1 unspecified atom stereocenters. The van der Waals surface area contributed by atoms with Crippen molar-refractivity contribution in [3.8, 4) is 0 Å². The molecule has 0 heterocycles. The minimum Gasteiger partial charge on any atom is -0.480 e. The summed E-state index contributed by atoms with van der Waals surface area (Å²) in [4.78, 5) is 22.6. The molecule has 0 aliphatic carbocycles. The molecule has 0 radical (unpaired) electrons. The second-order valence-corrected chi connectivity index (χ2v) is 4.79. The van der Waals surface area contributed by atoms with Gasteiger partial charge in [0, 0.05) is 5.69 Å². The van der Waals surface area contributed by atoms with Crippen LogP contribution in [-0.2, 0) is 4.79 Å². The highest BCUT2D eigenvalue weighted by Gasteiger charge is 2.18. The number of nitrogens with one attached hydrogen (secondary N) is 2. The molecule has 0 spiro atoms. The fourth-order valence-corrected chi connectivity index (χ4v) is 1.66. The lowest BCUT2D eigenvalue weighted by atomic mass is 10.0. The van der Waals surface area contributed by atoms with Gasteiger partial charge in [-0.2, -0.15) is 0 Å². The normalized spacial score (nSPS) is 11.8. The van der Waals surface area contributed by atoms with Gasteiger partial charge in [0.2, 0.25) is 0 Å². The number of carboxylic acid groups (broad SMARTS) is 1. The van der Waals surface area contributed by atoms with Crippen molar-refractivity contribution in [1.29, 1.82) is 0 Å². The number of hydrogen-bond donors (Lipinski definition) is 3. The van der Waals surface area contributed by atoms with E-state index in [2.05, 4.69) is 31.1 Å². The van der Waals surface area contributed by atoms with Gasteiger partial charge in [-0.25, -0.2) is 9.59 Å². The van der Waals surface area contributed by atoms with E-state index in [4.69, 9.17) is 5.11 Å². The molecule has 5 heteroatoms. The minimum absolute atomic E-state index is 0.176. The summed E-state index contributed by atoms with van der Waals surface area (Å²) in [7, 11) is 0. The molecular weight excluding hydrogens is 256 g/mol. The zero-order valence-corrected chi connectivity index (χ0v) is 11.7. The van der Waals surface area contributed by atoms with Crippen LogP contribution in [0.15, 0.2) is 36.9 Å². The van der Waals surface area contributed by atoms with E-state index in [1.807, 2.05) is 12.1 Å². The Hall–Kier alpha value is -2.30. The van der Waals surface area contributed by atoms with Gasteiger partial charge < -0.3 is 15.7 Å². The molecule has 0 aliphatic rings. The molecule has 2 amide bonds. The van der Waals surface area contributed by atoms with Crippen LogP contribution in [0, 0.1) is 0 Å². The van der Waals surface area contributed by atoms with Crippen molar-refractivity contribution in [3.05, 3.63) is 42.5 Å². The SMILES string of the molecule is C=CCC(NC(=O)Nc1ccc(C(C)C)cc1)C(=O)O. The molecular formula is C15H20N2O3. The lowest BCUT2D eigenvalue weighted by Gasteiger charge is -2.14. The fraction of sp³-hybridized carbons (Fsp3) is 0.333. The monoisotopic (exact) mass is 276 g/mol. The number of carbonyl (C=O) groups excluding carboxylic acids is 1. The molecule has 1 aromatic carbocycles. The van der Waals surface area contributed by atoms with Gasteiger partial charge >= 0.3 is 12.0 Å². The molecule has 3 N–H and O–H groups in total. The van der Waals surface area contributed by atoms with Gasteiger partial charge in [0.05, 0.1) is 0 Å². The molecule has 0 aliphatic heterocycles. The summed E-state index contributed by atoms with van der Waals surface area (Å²) in [5.41, 5.74) is 1.79. The summed E-state index contributed by atoms with van der Waals surface area (Å²) < 4.78 is 0. The molecule has 5 nitrogen and oxygen atoms in total. The highest BCUT2D eigenvalue weighted by molar-refractivity contribution is 5.92. The Morgan fingerprint density at radius 2 is 1.90 bits per heavy atom. The predicted molar refractivity (Wildman–Crippen MR) is 78.9 cm³/mol. The number of carboxylic acids is 1. The Morgan fingerprint density at radius 3 is 2.35 bits per heavy atom. The Balaban J connectivity index is 2.61. The maximum Gasteiger partial charge on any atom is 0.326 e. The molecule has 20 heavy (non-hydrogen) atoms. The first-order valence-electron chi connectivity index (χ1n) is 6.45. The summed E-state index contributed by atoms with van der Waals surface area (Å²) in [6, 6.07) is 5.92. The summed E-state index contributed by atoms with van der Waals surface area (Å²) in [6.07, 6.45) is 1.63. The number of carbonyl (C=O) groups is 2. The van der Waals surface area contributed by atoms with Crippen LogP contribution in [0.4, 0.5) is 10.5 Å². The largest absolute Gasteiger partial charge is 0.480 e. The Kier molecular flexibility index (Phi) is 5.77. The third-order valence-electron chi connectivity index (χ3n) is 2.84. The van der Waals surface area contributed by atoms with Gasteiger partial charge in [-0.15, -0.1) is 6.58 Å². The van der Waals surface area contributed by atoms with Gasteiger partial charge in [0.1, 0.15) is 6.04 Å². The average molecular weight is 276 g/mol. The Morgan fingerprint density at radius 1 is 1.30 bits per heavy atom. The quantitative estimate of drug-likeness (QED) is 0.699. The molecule has 1 aromatic rings. The van der Waals surface area contributed by atoms with Gasteiger partial charge in [-0.05, 0) is 30.0 Å². The van der Waals surface area contributed by atoms with E-state index in [1.165, 1.54) is 11.6 Å². The zero-order valence-electron chi connectivity index (χ0n) is 11.7. The number of urea groups is 1. The van der Waals surface area contributed by atoms with Crippen LogP contribution in [-0.4, -0.2) is 23.1 Å².